The summed E-state index contributed by atoms with van der Waals surface area (Å²) in [7, 11) is 3.09. The summed E-state index contributed by atoms with van der Waals surface area (Å²) in [6.07, 6.45) is 0. The number of rotatable bonds is 0. The van der Waals surface area contributed by atoms with Crippen LogP contribution in [-0.2, 0) is 14.1 Å². The molecule has 0 N–H and O–H groups in total. The third kappa shape index (κ3) is 1.26. The first-order chi connectivity index (χ1) is 7.43. The summed E-state index contributed by atoms with van der Waals surface area (Å²) in [5.74, 6) is 0.330. The van der Waals surface area contributed by atoms with E-state index >= 15 is 0 Å². The van der Waals surface area contributed by atoms with Crippen molar-refractivity contribution in [1.29, 1.82) is 0 Å². The zero-order valence-electron chi connectivity index (χ0n) is 9.61. The molecule has 2 heterocycles. The highest BCUT2D eigenvalue weighted by Crippen LogP contribution is 2.18. The number of aromatic nitrogens is 4. The van der Waals surface area contributed by atoms with Gasteiger partial charge in [-0.2, -0.15) is 10.1 Å². The number of nitrogens with zero attached hydrogens (tertiary/aromatic N) is 4. The quantitative estimate of drug-likeness (QED) is 0.605. The fraction of sp³-hybridized carbons (Fsp3) is 0.400. The van der Waals surface area contributed by atoms with Crippen LogP contribution in [0, 0.1) is 13.8 Å². The lowest BCUT2D eigenvalue weighted by Gasteiger charge is -2.13. The van der Waals surface area contributed by atoms with Crippen LogP contribution in [0.4, 0.5) is 0 Å². The fourth-order valence-corrected chi connectivity index (χ4v) is 1.66. The molecular weight excluding hydrogens is 208 g/mol. The summed E-state index contributed by atoms with van der Waals surface area (Å²) >= 11 is 0. The molecule has 84 valence electrons. The highest BCUT2D eigenvalue weighted by molar-refractivity contribution is 5.60. The van der Waals surface area contributed by atoms with Gasteiger partial charge >= 0.3 is 5.69 Å². The molecule has 0 atom stereocenters. The normalized spacial score (nSPS) is 11.0. The third-order valence-corrected chi connectivity index (χ3v) is 2.75. The molecule has 0 bridgehead atoms. The summed E-state index contributed by atoms with van der Waals surface area (Å²) in [4.78, 5) is 27.2. The van der Waals surface area contributed by atoms with Crippen molar-refractivity contribution in [2.75, 3.05) is 0 Å². The SMILES string of the molecule is Cc1nn(C)c2nc(=O)n(C)c(=O)c-2c1C. The Kier molecular flexibility index (Phi) is 2.15. The van der Waals surface area contributed by atoms with Gasteiger partial charge in [-0.3, -0.25) is 9.36 Å². The van der Waals surface area contributed by atoms with Gasteiger partial charge in [0.05, 0.1) is 11.3 Å². The Morgan fingerprint density at radius 2 is 1.75 bits per heavy atom. The van der Waals surface area contributed by atoms with Crippen molar-refractivity contribution in [2.45, 2.75) is 13.8 Å². The summed E-state index contributed by atoms with van der Waals surface area (Å²) in [5.41, 5.74) is 1.10. The van der Waals surface area contributed by atoms with Gasteiger partial charge in [0, 0.05) is 14.1 Å². The molecule has 0 radical (unpaired) electrons. The van der Waals surface area contributed by atoms with Crippen molar-refractivity contribution < 1.29 is 0 Å². The zero-order valence-corrected chi connectivity index (χ0v) is 9.61. The van der Waals surface area contributed by atoms with E-state index in [9.17, 15) is 9.59 Å². The maximum Gasteiger partial charge on any atom is 0.352 e. The van der Waals surface area contributed by atoms with E-state index in [2.05, 4.69) is 10.1 Å². The third-order valence-electron chi connectivity index (χ3n) is 2.75. The second-order valence-corrected chi connectivity index (χ2v) is 3.79. The Labute approximate surface area is 91.5 Å². The molecule has 0 saturated heterocycles. The molecule has 6 nitrogen and oxygen atoms in total. The van der Waals surface area contributed by atoms with Crippen LogP contribution in [-0.4, -0.2) is 19.3 Å². The molecule has 16 heavy (non-hydrogen) atoms. The summed E-state index contributed by atoms with van der Waals surface area (Å²) in [6.45, 7) is 3.62. The van der Waals surface area contributed by atoms with Gasteiger partial charge < -0.3 is 0 Å². The van der Waals surface area contributed by atoms with Gasteiger partial charge in [-0.05, 0) is 19.4 Å². The number of hydrogen-bond acceptors (Lipinski definition) is 4. The largest absolute Gasteiger partial charge is 0.352 e. The predicted octanol–water partition coefficient (Wildman–Crippen LogP) is -0.404. The van der Waals surface area contributed by atoms with Gasteiger partial charge in [-0.25, -0.2) is 9.48 Å². The average Bonchev–Trinajstić information content (AvgIpc) is 2.22. The fourth-order valence-electron chi connectivity index (χ4n) is 1.66. The first-order valence-electron chi connectivity index (χ1n) is 4.84. The molecule has 0 aliphatic carbocycles. The lowest BCUT2D eigenvalue weighted by atomic mass is 10.1. The molecule has 0 spiro atoms. The van der Waals surface area contributed by atoms with Crippen molar-refractivity contribution in [3.05, 3.63) is 32.1 Å². The van der Waals surface area contributed by atoms with Gasteiger partial charge in [0.25, 0.3) is 5.56 Å². The minimum atomic E-state index is -0.557. The second-order valence-electron chi connectivity index (χ2n) is 3.79. The van der Waals surface area contributed by atoms with Crippen LogP contribution in [0.2, 0.25) is 0 Å². The zero-order chi connectivity index (χ0) is 12.0. The molecule has 0 unspecified atom stereocenters. The molecule has 6 heteroatoms. The molecular formula is C10H12N4O2. The van der Waals surface area contributed by atoms with Crippen LogP contribution in [0.15, 0.2) is 9.59 Å². The average molecular weight is 220 g/mol. The molecule has 0 aromatic rings. The van der Waals surface area contributed by atoms with Crippen LogP contribution in [0.3, 0.4) is 0 Å². The van der Waals surface area contributed by atoms with E-state index in [4.69, 9.17) is 0 Å². The van der Waals surface area contributed by atoms with E-state index in [0.717, 1.165) is 15.8 Å². The van der Waals surface area contributed by atoms with Crippen LogP contribution in [0.25, 0.3) is 11.4 Å². The minimum Gasteiger partial charge on any atom is -0.268 e. The highest BCUT2D eigenvalue weighted by Gasteiger charge is 2.19. The maximum atomic E-state index is 12.0. The Morgan fingerprint density at radius 3 is 2.38 bits per heavy atom. The lowest BCUT2D eigenvalue weighted by Crippen LogP contribution is -2.36. The number of fused-ring (bicyclic) bond motifs is 1. The highest BCUT2D eigenvalue weighted by atomic mass is 16.2. The van der Waals surface area contributed by atoms with Crippen LogP contribution in [0.5, 0.6) is 0 Å². The van der Waals surface area contributed by atoms with E-state index < -0.39 is 5.69 Å². The number of hydrogen-bond donors (Lipinski definition) is 0. The van der Waals surface area contributed by atoms with Crippen molar-refractivity contribution >= 4 is 0 Å². The first-order valence-corrected chi connectivity index (χ1v) is 4.84. The molecule has 0 saturated carbocycles. The first kappa shape index (κ1) is 10.5. The Morgan fingerprint density at radius 1 is 1.12 bits per heavy atom. The topological polar surface area (TPSA) is 69.8 Å². The predicted molar refractivity (Wildman–Crippen MR) is 58.6 cm³/mol. The van der Waals surface area contributed by atoms with E-state index in [1.165, 1.54) is 11.7 Å². The lowest BCUT2D eigenvalue weighted by molar-refractivity contribution is 0.677. The van der Waals surface area contributed by atoms with Gasteiger partial charge in [-0.15, -0.1) is 0 Å². The van der Waals surface area contributed by atoms with Gasteiger partial charge in [0.2, 0.25) is 0 Å². The van der Waals surface area contributed by atoms with Gasteiger partial charge in [-0.1, -0.05) is 0 Å². The molecule has 0 fully saturated rings. The Hall–Kier alpha value is -1.98. The summed E-state index contributed by atoms with van der Waals surface area (Å²) in [6, 6.07) is 0. The molecule has 0 aromatic heterocycles. The molecule has 2 aliphatic rings. The standard InChI is InChI=1S/C10H12N4O2/c1-5-6(2)12-14(4)8-7(5)9(15)13(3)10(16)11-8/h1-4H3. The maximum absolute atomic E-state index is 12.0. The Balaban J connectivity index is 3.13. The van der Waals surface area contributed by atoms with Crippen molar-refractivity contribution in [3.8, 4) is 11.4 Å². The van der Waals surface area contributed by atoms with Crippen LogP contribution in [0.1, 0.15) is 11.3 Å². The van der Waals surface area contributed by atoms with Gasteiger partial charge in [0.1, 0.15) is 0 Å². The second kappa shape index (κ2) is 3.26. The van der Waals surface area contributed by atoms with Crippen LogP contribution >= 0.6 is 0 Å². The molecule has 2 aliphatic heterocycles. The van der Waals surface area contributed by atoms with E-state index in [1.807, 2.05) is 6.92 Å². The van der Waals surface area contributed by atoms with E-state index in [1.54, 1.807) is 14.0 Å². The van der Waals surface area contributed by atoms with Gasteiger partial charge in [0.15, 0.2) is 5.82 Å². The summed E-state index contributed by atoms with van der Waals surface area (Å²) in [5, 5.41) is 4.18. The van der Waals surface area contributed by atoms with Crippen LogP contribution < -0.4 is 11.2 Å². The number of aryl methyl sites for hydroxylation is 2. The minimum absolute atomic E-state index is 0.325. The molecule has 0 aromatic carbocycles. The smallest absolute Gasteiger partial charge is 0.268 e. The Bertz CT molecular complexity index is 653. The van der Waals surface area contributed by atoms with Crippen molar-refractivity contribution in [3.63, 3.8) is 0 Å². The monoisotopic (exact) mass is 220 g/mol. The summed E-state index contributed by atoms with van der Waals surface area (Å²) < 4.78 is 2.47. The van der Waals surface area contributed by atoms with E-state index in [-0.39, 0.29) is 5.56 Å². The van der Waals surface area contributed by atoms with Crippen molar-refractivity contribution in [2.24, 2.45) is 14.1 Å². The van der Waals surface area contributed by atoms with Crippen molar-refractivity contribution in [1.82, 2.24) is 19.3 Å². The molecule has 2 rings (SSSR count). The van der Waals surface area contributed by atoms with E-state index in [0.29, 0.717) is 11.4 Å². The molecule has 0 amide bonds.